The summed E-state index contributed by atoms with van der Waals surface area (Å²) in [6.45, 7) is 2.36. The van der Waals surface area contributed by atoms with Gasteiger partial charge in [-0.15, -0.1) is 0 Å². The molecule has 0 aliphatic carbocycles. The van der Waals surface area contributed by atoms with Crippen molar-refractivity contribution in [2.45, 2.75) is 11.8 Å². The third kappa shape index (κ3) is 3.45. The Balaban J connectivity index is 2.93. The van der Waals surface area contributed by atoms with Crippen LogP contribution in [0.4, 0.5) is 0 Å². The second-order valence-electron chi connectivity index (χ2n) is 3.32. The van der Waals surface area contributed by atoms with Gasteiger partial charge in [0.15, 0.2) is 0 Å². The number of nitrogens with one attached hydrogen (secondary N) is 1. The molecule has 1 aromatic rings. The van der Waals surface area contributed by atoms with E-state index in [2.05, 4.69) is 4.72 Å². The Morgan fingerprint density at radius 1 is 1.44 bits per heavy atom. The zero-order valence-corrected chi connectivity index (χ0v) is 10.7. The van der Waals surface area contributed by atoms with E-state index in [9.17, 15) is 8.42 Å². The number of halogens is 1. The fourth-order valence-electron chi connectivity index (χ4n) is 1.17. The van der Waals surface area contributed by atoms with Crippen molar-refractivity contribution in [2.24, 2.45) is 0 Å². The van der Waals surface area contributed by atoms with E-state index in [1.165, 1.54) is 13.2 Å². The molecule has 0 spiro atoms. The van der Waals surface area contributed by atoms with E-state index in [0.29, 0.717) is 6.61 Å². The van der Waals surface area contributed by atoms with Gasteiger partial charge in [-0.05, 0) is 24.6 Å². The topological polar surface area (TPSA) is 55.4 Å². The smallest absolute Gasteiger partial charge is 0.242 e. The normalized spacial score (nSPS) is 11.7. The Hall–Kier alpha value is -0.620. The molecular formula is C10H14ClNO3S. The predicted octanol–water partition coefficient (Wildman–Crippen LogP) is 1.57. The molecule has 0 heterocycles. The van der Waals surface area contributed by atoms with Crippen molar-refractivity contribution in [2.75, 3.05) is 20.3 Å². The van der Waals surface area contributed by atoms with Gasteiger partial charge in [0.05, 0.1) is 11.6 Å². The van der Waals surface area contributed by atoms with E-state index in [-0.39, 0.29) is 16.5 Å². The molecule has 1 N–H and O–H groups in total. The summed E-state index contributed by atoms with van der Waals surface area (Å²) >= 11 is 5.84. The number of sulfonamides is 1. The highest BCUT2D eigenvalue weighted by atomic mass is 35.5. The first-order valence-electron chi connectivity index (χ1n) is 4.72. The van der Waals surface area contributed by atoms with Gasteiger partial charge in [-0.2, -0.15) is 0 Å². The summed E-state index contributed by atoms with van der Waals surface area (Å²) in [4.78, 5) is 0.102. The first kappa shape index (κ1) is 13.4. The molecule has 0 radical (unpaired) electrons. The van der Waals surface area contributed by atoms with Gasteiger partial charge in [-0.3, -0.25) is 0 Å². The summed E-state index contributed by atoms with van der Waals surface area (Å²) < 4.78 is 30.8. The monoisotopic (exact) mass is 263 g/mol. The Labute approximate surface area is 101 Å². The summed E-state index contributed by atoms with van der Waals surface area (Å²) in [6, 6.07) is 4.87. The number of hydrogen-bond donors (Lipinski definition) is 1. The van der Waals surface area contributed by atoms with E-state index in [4.69, 9.17) is 16.3 Å². The molecule has 0 unspecified atom stereocenters. The quantitative estimate of drug-likeness (QED) is 0.821. The van der Waals surface area contributed by atoms with Crippen LogP contribution in [0.3, 0.4) is 0 Å². The minimum absolute atomic E-state index is 0.102. The summed E-state index contributed by atoms with van der Waals surface area (Å²) in [7, 11) is -2.04. The fraction of sp³-hybridized carbons (Fsp3) is 0.400. The largest absolute Gasteiger partial charge is 0.383 e. The van der Waals surface area contributed by atoms with Gasteiger partial charge < -0.3 is 4.74 Å². The SMILES string of the molecule is COCCNS(=O)(=O)c1cc(C)ccc1Cl. The van der Waals surface area contributed by atoms with Crippen molar-refractivity contribution in [1.29, 1.82) is 0 Å². The van der Waals surface area contributed by atoms with Gasteiger partial charge in [-0.1, -0.05) is 17.7 Å². The molecular weight excluding hydrogens is 250 g/mol. The lowest BCUT2D eigenvalue weighted by Crippen LogP contribution is -2.27. The second-order valence-corrected chi connectivity index (χ2v) is 5.47. The van der Waals surface area contributed by atoms with Gasteiger partial charge in [0, 0.05) is 13.7 Å². The fourth-order valence-corrected chi connectivity index (χ4v) is 2.77. The lowest BCUT2D eigenvalue weighted by molar-refractivity contribution is 0.204. The van der Waals surface area contributed by atoms with Crippen LogP contribution in [0.1, 0.15) is 5.56 Å². The molecule has 0 aliphatic heterocycles. The first-order chi connectivity index (χ1) is 7.47. The first-order valence-corrected chi connectivity index (χ1v) is 6.58. The Kier molecular flexibility index (Phi) is 4.73. The zero-order valence-electron chi connectivity index (χ0n) is 9.16. The Bertz CT molecular complexity index is 459. The number of rotatable bonds is 5. The van der Waals surface area contributed by atoms with Crippen LogP contribution < -0.4 is 4.72 Å². The van der Waals surface area contributed by atoms with Gasteiger partial charge >= 0.3 is 0 Å². The maximum Gasteiger partial charge on any atom is 0.242 e. The van der Waals surface area contributed by atoms with E-state index < -0.39 is 10.0 Å². The molecule has 0 aromatic heterocycles. The van der Waals surface area contributed by atoms with Crippen molar-refractivity contribution in [3.8, 4) is 0 Å². The molecule has 0 atom stereocenters. The highest BCUT2D eigenvalue weighted by Crippen LogP contribution is 2.21. The third-order valence-corrected chi connectivity index (χ3v) is 3.92. The Morgan fingerprint density at radius 2 is 2.12 bits per heavy atom. The van der Waals surface area contributed by atoms with Crippen molar-refractivity contribution < 1.29 is 13.2 Å². The molecule has 0 bridgehead atoms. The molecule has 0 saturated carbocycles. The van der Waals surface area contributed by atoms with Gasteiger partial charge in [0.25, 0.3) is 0 Å². The molecule has 1 aromatic carbocycles. The van der Waals surface area contributed by atoms with E-state index in [1.54, 1.807) is 12.1 Å². The van der Waals surface area contributed by atoms with Crippen molar-refractivity contribution in [3.63, 3.8) is 0 Å². The van der Waals surface area contributed by atoms with Crippen LogP contribution in [0, 0.1) is 6.92 Å². The van der Waals surface area contributed by atoms with Crippen LogP contribution >= 0.6 is 11.6 Å². The summed E-state index contributed by atoms with van der Waals surface area (Å²) in [5, 5.41) is 0.218. The minimum Gasteiger partial charge on any atom is -0.383 e. The van der Waals surface area contributed by atoms with Crippen LogP contribution in [0.15, 0.2) is 23.1 Å². The number of aryl methyl sites for hydroxylation is 1. The molecule has 16 heavy (non-hydrogen) atoms. The summed E-state index contributed by atoms with van der Waals surface area (Å²) in [6.07, 6.45) is 0. The molecule has 0 fully saturated rings. The second kappa shape index (κ2) is 5.63. The van der Waals surface area contributed by atoms with Gasteiger partial charge in [0.1, 0.15) is 4.90 Å². The third-order valence-electron chi connectivity index (χ3n) is 1.97. The molecule has 90 valence electrons. The molecule has 4 nitrogen and oxygen atoms in total. The number of benzene rings is 1. The van der Waals surface area contributed by atoms with Crippen molar-refractivity contribution in [1.82, 2.24) is 4.72 Å². The zero-order chi connectivity index (χ0) is 12.2. The molecule has 0 saturated heterocycles. The number of hydrogen-bond acceptors (Lipinski definition) is 3. The van der Waals surface area contributed by atoms with Crippen molar-refractivity contribution >= 4 is 21.6 Å². The molecule has 0 aliphatic rings. The van der Waals surface area contributed by atoms with Crippen LogP contribution in [0.25, 0.3) is 0 Å². The average molecular weight is 264 g/mol. The maximum atomic E-state index is 11.8. The van der Waals surface area contributed by atoms with E-state index in [0.717, 1.165) is 5.56 Å². The summed E-state index contributed by atoms with van der Waals surface area (Å²) in [5.41, 5.74) is 0.844. The van der Waals surface area contributed by atoms with Crippen LogP contribution in [0.5, 0.6) is 0 Å². The molecule has 6 heteroatoms. The van der Waals surface area contributed by atoms with Crippen molar-refractivity contribution in [3.05, 3.63) is 28.8 Å². The lowest BCUT2D eigenvalue weighted by Gasteiger charge is -2.08. The molecule has 1 rings (SSSR count). The van der Waals surface area contributed by atoms with Crippen LogP contribution in [0.2, 0.25) is 5.02 Å². The maximum absolute atomic E-state index is 11.8. The van der Waals surface area contributed by atoms with Crippen LogP contribution in [-0.2, 0) is 14.8 Å². The van der Waals surface area contributed by atoms with Crippen LogP contribution in [-0.4, -0.2) is 28.7 Å². The van der Waals surface area contributed by atoms with Gasteiger partial charge in [0.2, 0.25) is 10.0 Å². The standard InChI is InChI=1S/C10H14ClNO3S/c1-8-3-4-9(11)10(7-8)16(13,14)12-5-6-15-2/h3-4,7,12H,5-6H2,1-2H3. The predicted molar refractivity (Wildman–Crippen MR) is 63.3 cm³/mol. The highest BCUT2D eigenvalue weighted by Gasteiger charge is 2.17. The van der Waals surface area contributed by atoms with E-state index >= 15 is 0 Å². The van der Waals surface area contributed by atoms with E-state index in [1.807, 2.05) is 6.92 Å². The van der Waals surface area contributed by atoms with Gasteiger partial charge in [-0.25, -0.2) is 13.1 Å². The minimum atomic E-state index is -3.55. The Morgan fingerprint density at radius 3 is 2.75 bits per heavy atom. The number of methoxy groups -OCH3 is 1. The highest BCUT2D eigenvalue weighted by molar-refractivity contribution is 7.89. The summed E-state index contributed by atoms with van der Waals surface area (Å²) in [5.74, 6) is 0. The average Bonchev–Trinajstić information content (AvgIpc) is 2.22. The molecule has 0 amide bonds. The lowest BCUT2D eigenvalue weighted by atomic mass is 10.2. The number of ether oxygens (including phenoxy) is 1.